The minimum atomic E-state index is -3.42. The van der Waals surface area contributed by atoms with Crippen LogP contribution in [-0.2, 0) is 4.74 Å². The van der Waals surface area contributed by atoms with Gasteiger partial charge in [-0.2, -0.15) is 8.78 Å². The van der Waals surface area contributed by atoms with Gasteiger partial charge < -0.3 is 15.2 Å². The van der Waals surface area contributed by atoms with Crippen molar-refractivity contribution >= 4 is 5.97 Å². The highest BCUT2D eigenvalue weighted by atomic mass is 19.3. The summed E-state index contributed by atoms with van der Waals surface area (Å²) in [5, 5.41) is 0. The summed E-state index contributed by atoms with van der Waals surface area (Å²) in [6.07, 6.45) is -3.42. The number of hydrogen-bond acceptors (Lipinski definition) is 4. The molecule has 0 heterocycles. The van der Waals surface area contributed by atoms with Crippen molar-refractivity contribution in [3.63, 3.8) is 0 Å². The molecule has 0 amide bonds. The summed E-state index contributed by atoms with van der Waals surface area (Å²) in [4.78, 5) is 11.2. The molecule has 0 atom stereocenters. The van der Waals surface area contributed by atoms with Crippen LogP contribution in [0.2, 0.25) is 0 Å². The standard InChI is InChI=1S/C11H13F2NO3/c1-7-5-8(10(15)16-2)3-4-9(7)17-11(12,13)6-14/h3-5H,6,14H2,1-2H3. The molecule has 0 radical (unpaired) electrons. The molecule has 1 aromatic rings. The van der Waals surface area contributed by atoms with Crippen molar-refractivity contribution in [2.75, 3.05) is 13.7 Å². The second-order valence-electron chi connectivity index (χ2n) is 3.42. The number of esters is 1. The third-order valence-corrected chi connectivity index (χ3v) is 2.09. The van der Waals surface area contributed by atoms with Gasteiger partial charge in [0.05, 0.1) is 19.2 Å². The van der Waals surface area contributed by atoms with E-state index in [4.69, 9.17) is 5.73 Å². The van der Waals surface area contributed by atoms with Gasteiger partial charge in [0.25, 0.3) is 0 Å². The Hall–Kier alpha value is -1.69. The van der Waals surface area contributed by atoms with Crippen LogP contribution in [0.25, 0.3) is 0 Å². The molecule has 0 spiro atoms. The maximum atomic E-state index is 12.9. The van der Waals surface area contributed by atoms with Crippen LogP contribution in [0.1, 0.15) is 15.9 Å². The van der Waals surface area contributed by atoms with Crippen LogP contribution in [0.15, 0.2) is 18.2 Å². The number of methoxy groups -OCH3 is 1. The third-order valence-electron chi connectivity index (χ3n) is 2.09. The van der Waals surface area contributed by atoms with E-state index in [-0.39, 0.29) is 11.3 Å². The van der Waals surface area contributed by atoms with Gasteiger partial charge >= 0.3 is 12.1 Å². The molecule has 6 heteroatoms. The summed E-state index contributed by atoms with van der Waals surface area (Å²) in [5.41, 5.74) is 5.53. The van der Waals surface area contributed by atoms with Crippen molar-refractivity contribution in [1.82, 2.24) is 0 Å². The van der Waals surface area contributed by atoms with E-state index >= 15 is 0 Å². The molecular weight excluding hydrogens is 232 g/mol. The molecule has 0 saturated heterocycles. The third kappa shape index (κ3) is 3.39. The van der Waals surface area contributed by atoms with Crippen LogP contribution >= 0.6 is 0 Å². The van der Waals surface area contributed by atoms with Crippen LogP contribution in [0.4, 0.5) is 8.78 Å². The molecule has 1 rings (SSSR count). The Bertz CT molecular complexity index is 421. The highest BCUT2D eigenvalue weighted by Gasteiger charge is 2.29. The SMILES string of the molecule is COC(=O)c1ccc(OC(F)(F)CN)c(C)c1. The van der Waals surface area contributed by atoms with E-state index in [1.165, 1.54) is 25.3 Å². The molecule has 0 aliphatic carbocycles. The van der Waals surface area contributed by atoms with Gasteiger partial charge in [0.2, 0.25) is 0 Å². The lowest BCUT2D eigenvalue weighted by molar-refractivity contribution is -0.166. The molecule has 0 fully saturated rings. The monoisotopic (exact) mass is 245 g/mol. The zero-order valence-corrected chi connectivity index (χ0v) is 9.50. The Kier molecular flexibility index (Phi) is 4.01. The fourth-order valence-corrected chi connectivity index (χ4v) is 1.21. The van der Waals surface area contributed by atoms with Gasteiger partial charge in [-0.05, 0) is 30.7 Å². The highest BCUT2D eigenvalue weighted by molar-refractivity contribution is 5.89. The molecule has 0 bridgehead atoms. The molecule has 4 nitrogen and oxygen atoms in total. The van der Waals surface area contributed by atoms with E-state index in [0.717, 1.165) is 0 Å². The van der Waals surface area contributed by atoms with Crippen molar-refractivity contribution in [2.45, 2.75) is 13.0 Å². The molecule has 0 unspecified atom stereocenters. The Labute approximate surface area is 97.3 Å². The Morgan fingerprint density at radius 2 is 2.12 bits per heavy atom. The second kappa shape index (κ2) is 5.09. The first kappa shape index (κ1) is 13.4. The zero-order valence-electron chi connectivity index (χ0n) is 9.50. The Morgan fingerprint density at radius 1 is 1.47 bits per heavy atom. The summed E-state index contributed by atoms with van der Waals surface area (Å²) in [6.45, 7) is 0.638. The van der Waals surface area contributed by atoms with Crippen molar-refractivity contribution in [3.05, 3.63) is 29.3 Å². The summed E-state index contributed by atoms with van der Waals surface area (Å²) in [7, 11) is 1.24. The van der Waals surface area contributed by atoms with Crippen LogP contribution in [0.5, 0.6) is 5.75 Å². The largest absolute Gasteiger partial charge is 0.465 e. The molecular formula is C11H13F2NO3. The quantitative estimate of drug-likeness (QED) is 0.820. The van der Waals surface area contributed by atoms with Gasteiger partial charge in [-0.3, -0.25) is 0 Å². The van der Waals surface area contributed by atoms with Crippen LogP contribution in [-0.4, -0.2) is 25.7 Å². The van der Waals surface area contributed by atoms with Crippen molar-refractivity contribution in [3.8, 4) is 5.75 Å². The van der Waals surface area contributed by atoms with Crippen LogP contribution in [0.3, 0.4) is 0 Å². The van der Waals surface area contributed by atoms with Crippen molar-refractivity contribution in [2.24, 2.45) is 5.73 Å². The zero-order chi connectivity index (χ0) is 13.1. The first-order chi connectivity index (χ1) is 7.89. The van der Waals surface area contributed by atoms with E-state index < -0.39 is 18.6 Å². The molecule has 2 N–H and O–H groups in total. The lowest BCUT2D eigenvalue weighted by Crippen LogP contribution is -2.34. The first-order valence-corrected chi connectivity index (χ1v) is 4.85. The first-order valence-electron chi connectivity index (χ1n) is 4.85. The maximum absolute atomic E-state index is 12.9. The van der Waals surface area contributed by atoms with Gasteiger partial charge in [-0.25, -0.2) is 4.79 Å². The molecule has 94 valence electrons. The average Bonchev–Trinajstić information content (AvgIpc) is 2.30. The van der Waals surface area contributed by atoms with E-state index in [9.17, 15) is 13.6 Å². The molecule has 0 aliphatic heterocycles. The molecule has 17 heavy (non-hydrogen) atoms. The van der Waals surface area contributed by atoms with Crippen molar-refractivity contribution in [1.29, 1.82) is 0 Å². The van der Waals surface area contributed by atoms with E-state index in [1.54, 1.807) is 6.92 Å². The minimum Gasteiger partial charge on any atom is -0.465 e. The summed E-state index contributed by atoms with van der Waals surface area (Å²) < 4.78 is 34.8. The molecule has 0 aliphatic rings. The number of halogens is 2. The lowest BCUT2D eigenvalue weighted by Gasteiger charge is -2.17. The van der Waals surface area contributed by atoms with E-state index in [2.05, 4.69) is 9.47 Å². The van der Waals surface area contributed by atoms with Gasteiger partial charge in [0.15, 0.2) is 0 Å². The normalized spacial score (nSPS) is 11.1. The lowest BCUT2D eigenvalue weighted by atomic mass is 10.1. The fraction of sp³-hybridized carbons (Fsp3) is 0.364. The fourth-order valence-electron chi connectivity index (χ4n) is 1.21. The number of benzene rings is 1. The van der Waals surface area contributed by atoms with Gasteiger partial charge in [0.1, 0.15) is 5.75 Å². The van der Waals surface area contributed by atoms with Crippen LogP contribution < -0.4 is 10.5 Å². The van der Waals surface area contributed by atoms with E-state index in [0.29, 0.717) is 5.56 Å². The number of rotatable bonds is 4. The second-order valence-corrected chi connectivity index (χ2v) is 3.42. The number of alkyl halides is 2. The number of hydrogen-bond donors (Lipinski definition) is 1. The van der Waals surface area contributed by atoms with Crippen molar-refractivity contribution < 1.29 is 23.0 Å². The molecule has 0 aromatic heterocycles. The summed E-state index contributed by atoms with van der Waals surface area (Å²) in [6, 6.07) is 4.04. The maximum Gasteiger partial charge on any atom is 0.410 e. The van der Waals surface area contributed by atoms with Gasteiger partial charge in [0, 0.05) is 0 Å². The topological polar surface area (TPSA) is 61.5 Å². The summed E-state index contributed by atoms with van der Waals surface area (Å²) in [5.74, 6) is -0.557. The van der Waals surface area contributed by atoms with E-state index in [1.807, 2.05) is 0 Å². The smallest absolute Gasteiger partial charge is 0.410 e. The molecule has 0 saturated carbocycles. The predicted molar refractivity (Wildman–Crippen MR) is 57.1 cm³/mol. The highest BCUT2D eigenvalue weighted by Crippen LogP contribution is 2.25. The average molecular weight is 245 g/mol. The minimum absolute atomic E-state index is 0.0203. The summed E-state index contributed by atoms with van der Waals surface area (Å²) >= 11 is 0. The number of carbonyl (C=O) groups is 1. The van der Waals surface area contributed by atoms with Gasteiger partial charge in [-0.15, -0.1) is 0 Å². The van der Waals surface area contributed by atoms with Gasteiger partial charge in [-0.1, -0.05) is 0 Å². The molecule has 1 aromatic carbocycles. The van der Waals surface area contributed by atoms with Crippen LogP contribution in [0, 0.1) is 6.92 Å². The number of aryl methyl sites for hydroxylation is 1. The number of carbonyl (C=O) groups excluding carboxylic acids is 1. The number of nitrogens with two attached hydrogens (primary N) is 1. The Morgan fingerprint density at radius 3 is 2.59 bits per heavy atom. The predicted octanol–water partition coefficient (Wildman–Crippen LogP) is 1.71. The Balaban J connectivity index is 2.94. The number of ether oxygens (including phenoxy) is 2.